The number of unbranched alkanes of at least 4 members (excludes halogenated alkanes) is 1. The molecule has 5 heteroatoms. The van der Waals surface area contributed by atoms with Gasteiger partial charge in [0.1, 0.15) is 10.5 Å². The number of hydrogen-bond acceptors (Lipinski definition) is 4. The van der Waals surface area contributed by atoms with Crippen LogP contribution in [-0.4, -0.2) is 16.1 Å². The van der Waals surface area contributed by atoms with Gasteiger partial charge in [0.25, 0.3) is 0 Å². The van der Waals surface area contributed by atoms with Crippen LogP contribution >= 0.6 is 11.3 Å². The molecular formula is C8H13N3OS. The lowest BCUT2D eigenvalue weighted by molar-refractivity contribution is -0.119. The molecule has 0 spiro atoms. The van der Waals surface area contributed by atoms with Crippen molar-refractivity contribution in [3.63, 3.8) is 0 Å². The van der Waals surface area contributed by atoms with Crippen molar-refractivity contribution in [2.24, 2.45) is 5.73 Å². The first-order valence-electron chi connectivity index (χ1n) is 4.31. The van der Waals surface area contributed by atoms with Gasteiger partial charge >= 0.3 is 0 Å². The van der Waals surface area contributed by atoms with Gasteiger partial charge in [-0.2, -0.15) is 0 Å². The van der Waals surface area contributed by atoms with E-state index in [-0.39, 0.29) is 11.8 Å². The summed E-state index contributed by atoms with van der Waals surface area (Å²) in [6, 6.07) is 0. The van der Waals surface area contributed by atoms with E-state index in [0.29, 0.717) is 0 Å². The van der Waals surface area contributed by atoms with Gasteiger partial charge in [-0.05, 0) is 6.42 Å². The average molecular weight is 199 g/mol. The Morgan fingerprint density at radius 2 is 2.54 bits per heavy atom. The van der Waals surface area contributed by atoms with Gasteiger partial charge in [0.2, 0.25) is 5.91 Å². The van der Waals surface area contributed by atoms with E-state index in [2.05, 4.69) is 17.1 Å². The largest absolute Gasteiger partial charge is 0.369 e. The monoisotopic (exact) mass is 199 g/mol. The van der Waals surface area contributed by atoms with Crippen LogP contribution in [0.25, 0.3) is 0 Å². The summed E-state index contributed by atoms with van der Waals surface area (Å²) in [6.45, 7) is 2.08. The molecule has 0 radical (unpaired) electrons. The summed E-state index contributed by atoms with van der Waals surface area (Å²) < 4.78 is 0. The second-order valence-corrected chi connectivity index (χ2v) is 3.74. The number of nitrogens with two attached hydrogens (primary N) is 1. The van der Waals surface area contributed by atoms with Crippen LogP contribution in [0.3, 0.4) is 0 Å². The van der Waals surface area contributed by atoms with E-state index in [9.17, 15) is 4.79 Å². The summed E-state index contributed by atoms with van der Waals surface area (Å²) in [5, 5.41) is 8.29. The Balaban J connectivity index is 2.63. The van der Waals surface area contributed by atoms with Gasteiger partial charge in [-0.3, -0.25) is 4.79 Å². The number of carbonyl (C=O) groups is 1. The van der Waals surface area contributed by atoms with E-state index in [4.69, 9.17) is 5.73 Å². The summed E-state index contributed by atoms with van der Waals surface area (Å²) in [5.74, 6) is -0.544. The molecule has 0 saturated carbocycles. The maximum Gasteiger partial charge on any atom is 0.227 e. The van der Waals surface area contributed by atoms with Crippen molar-refractivity contribution in [2.45, 2.75) is 32.1 Å². The Kier molecular flexibility index (Phi) is 3.82. The van der Waals surface area contributed by atoms with Gasteiger partial charge in [0.05, 0.1) is 5.92 Å². The third-order valence-electron chi connectivity index (χ3n) is 1.86. The number of nitrogens with zero attached hydrogens (tertiary/aromatic N) is 2. The molecule has 0 aromatic carbocycles. The fraction of sp³-hybridized carbons (Fsp3) is 0.625. The van der Waals surface area contributed by atoms with Crippen LogP contribution in [0.1, 0.15) is 37.1 Å². The summed E-state index contributed by atoms with van der Waals surface area (Å²) in [7, 11) is 0. The lowest BCUT2D eigenvalue weighted by Crippen LogP contribution is -2.21. The van der Waals surface area contributed by atoms with Crippen molar-refractivity contribution in [1.29, 1.82) is 0 Å². The second kappa shape index (κ2) is 4.91. The van der Waals surface area contributed by atoms with Crippen molar-refractivity contribution >= 4 is 17.2 Å². The van der Waals surface area contributed by atoms with Gasteiger partial charge < -0.3 is 5.73 Å². The highest BCUT2D eigenvalue weighted by Gasteiger charge is 2.19. The minimum Gasteiger partial charge on any atom is -0.369 e. The fourth-order valence-electron chi connectivity index (χ4n) is 1.13. The van der Waals surface area contributed by atoms with E-state index in [1.807, 2.05) is 0 Å². The van der Waals surface area contributed by atoms with Crippen LogP contribution in [0.2, 0.25) is 0 Å². The third kappa shape index (κ3) is 2.77. The van der Waals surface area contributed by atoms with Crippen LogP contribution < -0.4 is 5.73 Å². The van der Waals surface area contributed by atoms with Gasteiger partial charge in [-0.1, -0.05) is 19.8 Å². The van der Waals surface area contributed by atoms with Crippen molar-refractivity contribution < 1.29 is 4.79 Å². The van der Waals surface area contributed by atoms with Gasteiger partial charge in [-0.15, -0.1) is 21.5 Å². The molecule has 0 fully saturated rings. The normalized spacial score (nSPS) is 12.7. The molecule has 1 aromatic rings. The number of amides is 1. The minimum absolute atomic E-state index is 0.243. The first kappa shape index (κ1) is 10.1. The standard InChI is InChI=1S/C8H13N3OS/c1-2-3-4-6(7(9)12)8-11-10-5-13-8/h5-6H,2-4H2,1H3,(H2,9,12). The van der Waals surface area contributed by atoms with E-state index in [0.717, 1.165) is 24.3 Å². The third-order valence-corrected chi connectivity index (χ3v) is 2.67. The number of carbonyl (C=O) groups excluding carboxylic acids is 1. The molecule has 1 aromatic heterocycles. The molecule has 0 aliphatic rings. The zero-order chi connectivity index (χ0) is 9.68. The van der Waals surface area contributed by atoms with E-state index in [1.54, 1.807) is 5.51 Å². The molecule has 0 bridgehead atoms. The highest BCUT2D eigenvalue weighted by molar-refractivity contribution is 7.09. The van der Waals surface area contributed by atoms with Gasteiger partial charge in [0, 0.05) is 0 Å². The second-order valence-electron chi connectivity index (χ2n) is 2.87. The van der Waals surface area contributed by atoms with Crippen LogP contribution in [0.5, 0.6) is 0 Å². The molecule has 0 aliphatic carbocycles. The topological polar surface area (TPSA) is 68.9 Å². The average Bonchev–Trinajstić information content (AvgIpc) is 2.57. The van der Waals surface area contributed by atoms with Crippen LogP contribution in [-0.2, 0) is 4.79 Å². The van der Waals surface area contributed by atoms with E-state index in [1.165, 1.54) is 11.3 Å². The predicted octanol–water partition coefficient (Wildman–Crippen LogP) is 1.30. The zero-order valence-corrected chi connectivity index (χ0v) is 8.38. The maximum atomic E-state index is 11.1. The SMILES string of the molecule is CCCCC(C(N)=O)c1nncs1. The lowest BCUT2D eigenvalue weighted by atomic mass is 10.0. The molecule has 1 unspecified atom stereocenters. The first-order valence-corrected chi connectivity index (χ1v) is 5.19. The summed E-state index contributed by atoms with van der Waals surface area (Å²) in [6.07, 6.45) is 2.83. The van der Waals surface area contributed by atoms with E-state index < -0.39 is 0 Å². The molecule has 1 heterocycles. The van der Waals surface area contributed by atoms with Crippen molar-refractivity contribution in [3.8, 4) is 0 Å². The molecule has 13 heavy (non-hydrogen) atoms. The van der Waals surface area contributed by atoms with Crippen molar-refractivity contribution in [1.82, 2.24) is 10.2 Å². The zero-order valence-electron chi connectivity index (χ0n) is 7.56. The first-order chi connectivity index (χ1) is 6.25. The Labute approximate surface area is 81.2 Å². The molecule has 1 atom stereocenters. The minimum atomic E-state index is -0.301. The fourth-order valence-corrected chi connectivity index (χ4v) is 1.82. The number of aromatic nitrogens is 2. The Bertz CT molecular complexity index is 260. The highest BCUT2D eigenvalue weighted by atomic mass is 32.1. The summed E-state index contributed by atoms with van der Waals surface area (Å²) >= 11 is 1.39. The quantitative estimate of drug-likeness (QED) is 0.777. The molecule has 72 valence electrons. The molecule has 2 N–H and O–H groups in total. The highest BCUT2D eigenvalue weighted by Crippen LogP contribution is 2.22. The molecule has 1 rings (SSSR count). The van der Waals surface area contributed by atoms with Crippen LogP contribution in [0.4, 0.5) is 0 Å². The van der Waals surface area contributed by atoms with Crippen LogP contribution in [0.15, 0.2) is 5.51 Å². The number of primary amides is 1. The Morgan fingerprint density at radius 3 is 3.00 bits per heavy atom. The predicted molar refractivity (Wildman–Crippen MR) is 51.4 cm³/mol. The van der Waals surface area contributed by atoms with Gasteiger partial charge in [-0.25, -0.2) is 0 Å². The number of rotatable bonds is 5. The smallest absolute Gasteiger partial charge is 0.227 e. The molecular weight excluding hydrogens is 186 g/mol. The van der Waals surface area contributed by atoms with Gasteiger partial charge in [0.15, 0.2) is 0 Å². The summed E-state index contributed by atoms with van der Waals surface area (Å²) in [5.41, 5.74) is 6.89. The van der Waals surface area contributed by atoms with Crippen molar-refractivity contribution in [3.05, 3.63) is 10.5 Å². The van der Waals surface area contributed by atoms with E-state index >= 15 is 0 Å². The Hall–Kier alpha value is -0.970. The molecule has 0 aliphatic heterocycles. The number of hydrogen-bond donors (Lipinski definition) is 1. The molecule has 4 nitrogen and oxygen atoms in total. The van der Waals surface area contributed by atoms with Crippen LogP contribution in [0, 0.1) is 0 Å². The molecule has 0 saturated heterocycles. The Morgan fingerprint density at radius 1 is 1.77 bits per heavy atom. The lowest BCUT2D eigenvalue weighted by Gasteiger charge is -2.07. The van der Waals surface area contributed by atoms with Crippen molar-refractivity contribution in [2.75, 3.05) is 0 Å². The maximum absolute atomic E-state index is 11.1. The molecule has 1 amide bonds. The summed E-state index contributed by atoms with van der Waals surface area (Å²) in [4.78, 5) is 11.1.